The third-order valence-electron chi connectivity index (χ3n) is 3.49. The molecule has 0 aliphatic rings. The predicted molar refractivity (Wildman–Crippen MR) is 89.3 cm³/mol. The van der Waals surface area contributed by atoms with Crippen LogP contribution in [0.15, 0.2) is 46.9 Å². The number of rotatable bonds is 5. The van der Waals surface area contributed by atoms with Gasteiger partial charge in [0.05, 0.1) is 7.11 Å². The van der Waals surface area contributed by atoms with Crippen LogP contribution in [0.2, 0.25) is 0 Å². The molecule has 0 aliphatic heterocycles. The van der Waals surface area contributed by atoms with Crippen molar-refractivity contribution in [1.82, 2.24) is 0 Å². The minimum absolute atomic E-state index is 0.0815. The van der Waals surface area contributed by atoms with Crippen molar-refractivity contribution in [3.8, 4) is 5.75 Å². The average Bonchev–Trinajstić information content (AvgIpc) is 2.48. The van der Waals surface area contributed by atoms with Crippen molar-refractivity contribution in [2.75, 3.05) is 7.11 Å². The molecule has 21 heavy (non-hydrogen) atoms. The van der Waals surface area contributed by atoms with Crippen LogP contribution in [-0.4, -0.2) is 12.9 Å². The molecule has 0 spiro atoms. The molecule has 3 heteroatoms. The van der Waals surface area contributed by atoms with Crippen LogP contribution in [0, 0.1) is 0 Å². The van der Waals surface area contributed by atoms with Crippen molar-refractivity contribution in [2.24, 2.45) is 0 Å². The van der Waals surface area contributed by atoms with Crippen molar-refractivity contribution < 1.29 is 9.53 Å². The first-order chi connectivity index (χ1) is 10.0. The number of hydrogen-bond acceptors (Lipinski definition) is 2. The second-order valence-corrected chi connectivity index (χ2v) is 6.20. The van der Waals surface area contributed by atoms with Gasteiger partial charge in [0.1, 0.15) is 5.75 Å². The number of carbonyl (C=O) groups is 1. The Kier molecular flexibility index (Phi) is 5.18. The first-order valence-electron chi connectivity index (χ1n) is 6.97. The van der Waals surface area contributed by atoms with E-state index in [1.165, 1.54) is 5.56 Å². The first kappa shape index (κ1) is 15.8. The second-order valence-electron chi connectivity index (χ2n) is 5.34. The molecule has 0 bridgehead atoms. The van der Waals surface area contributed by atoms with Gasteiger partial charge in [0.15, 0.2) is 5.78 Å². The van der Waals surface area contributed by atoms with E-state index in [-0.39, 0.29) is 5.78 Å². The quantitative estimate of drug-likeness (QED) is 0.711. The smallest absolute Gasteiger partial charge is 0.168 e. The molecule has 2 nitrogen and oxygen atoms in total. The SMILES string of the molecule is COc1ccc(Br)c(C(=O)Cc2ccc(C(C)C)cc2)c1. The lowest BCUT2D eigenvalue weighted by atomic mass is 9.98. The summed E-state index contributed by atoms with van der Waals surface area (Å²) in [5.41, 5.74) is 2.97. The van der Waals surface area contributed by atoms with Crippen LogP contribution in [0.1, 0.15) is 41.3 Å². The molecule has 2 aromatic rings. The monoisotopic (exact) mass is 346 g/mol. The van der Waals surface area contributed by atoms with E-state index in [1.54, 1.807) is 13.2 Å². The molecule has 0 atom stereocenters. The van der Waals surface area contributed by atoms with Crippen LogP contribution >= 0.6 is 15.9 Å². The molecule has 0 saturated carbocycles. The maximum Gasteiger partial charge on any atom is 0.168 e. The molecular formula is C18H19BrO2. The maximum atomic E-state index is 12.4. The first-order valence-corrected chi connectivity index (χ1v) is 7.76. The molecule has 2 aromatic carbocycles. The summed E-state index contributed by atoms with van der Waals surface area (Å²) < 4.78 is 5.98. The van der Waals surface area contributed by atoms with Gasteiger partial charge in [-0.3, -0.25) is 4.79 Å². The summed E-state index contributed by atoms with van der Waals surface area (Å²) in [7, 11) is 1.60. The van der Waals surface area contributed by atoms with Crippen LogP contribution in [0.25, 0.3) is 0 Å². The number of halogens is 1. The number of methoxy groups -OCH3 is 1. The van der Waals surface area contributed by atoms with Crippen LogP contribution in [-0.2, 0) is 6.42 Å². The van der Waals surface area contributed by atoms with Gasteiger partial charge in [-0.1, -0.05) is 54.0 Å². The standard InChI is InChI=1S/C18H19BrO2/c1-12(2)14-6-4-13(5-7-14)10-18(20)16-11-15(21-3)8-9-17(16)19/h4-9,11-12H,10H2,1-3H3. The predicted octanol–water partition coefficient (Wildman–Crippen LogP) is 5.01. The highest BCUT2D eigenvalue weighted by Gasteiger charge is 2.12. The molecular weight excluding hydrogens is 328 g/mol. The van der Waals surface area contributed by atoms with Crippen molar-refractivity contribution in [1.29, 1.82) is 0 Å². The maximum absolute atomic E-state index is 12.4. The largest absolute Gasteiger partial charge is 0.497 e. The third kappa shape index (κ3) is 3.94. The Hall–Kier alpha value is -1.61. The molecule has 0 fully saturated rings. The number of ketones is 1. The van der Waals surface area contributed by atoms with Gasteiger partial charge in [0, 0.05) is 16.5 Å². The zero-order chi connectivity index (χ0) is 15.4. The van der Waals surface area contributed by atoms with Crippen LogP contribution in [0.5, 0.6) is 5.75 Å². The van der Waals surface area contributed by atoms with Gasteiger partial charge in [0.25, 0.3) is 0 Å². The lowest BCUT2D eigenvalue weighted by Gasteiger charge is -2.08. The van der Waals surface area contributed by atoms with Gasteiger partial charge in [-0.05, 0) is 35.2 Å². The molecule has 0 unspecified atom stereocenters. The molecule has 0 heterocycles. The van der Waals surface area contributed by atoms with Crippen molar-refractivity contribution in [3.63, 3.8) is 0 Å². The molecule has 110 valence electrons. The van der Waals surface area contributed by atoms with Crippen molar-refractivity contribution >= 4 is 21.7 Å². The Balaban J connectivity index is 2.17. The second kappa shape index (κ2) is 6.90. The fourth-order valence-electron chi connectivity index (χ4n) is 2.15. The summed E-state index contributed by atoms with van der Waals surface area (Å²) in [5, 5.41) is 0. The summed E-state index contributed by atoms with van der Waals surface area (Å²) in [6, 6.07) is 13.7. The third-order valence-corrected chi connectivity index (χ3v) is 4.18. The Bertz CT molecular complexity index is 630. The average molecular weight is 347 g/mol. The van der Waals surface area contributed by atoms with Crippen LogP contribution in [0.4, 0.5) is 0 Å². The minimum Gasteiger partial charge on any atom is -0.497 e. The number of hydrogen-bond donors (Lipinski definition) is 0. The lowest BCUT2D eigenvalue weighted by Crippen LogP contribution is -2.05. The summed E-state index contributed by atoms with van der Waals surface area (Å²) in [6.45, 7) is 4.32. The number of benzene rings is 2. The molecule has 0 saturated heterocycles. The highest BCUT2D eigenvalue weighted by Crippen LogP contribution is 2.24. The van der Waals surface area contributed by atoms with Gasteiger partial charge < -0.3 is 4.74 Å². The molecule has 0 radical (unpaired) electrons. The minimum atomic E-state index is 0.0815. The number of Topliss-reactive ketones (excluding diaryl/α,β-unsaturated/α-hetero) is 1. The van der Waals surface area contributed by atoms with E-state index in [9.17, 15) is 4.79 Å². The molecule has 2 rings (SSSR count). The van der Waals surface area contributed by atoms with Gasteiger partial charge in [-0.2, -0.15) is 0 Å². The highest BCUT2D eigenvalue weighted by molar-refractivity contribution is 9.10. The van der Waals surface area contributed by atoms with Crippen molar-refractivity contribution in [3.05, 3.63) is 63.6 Å². The van der Waals surface area contributed by atoms with E-state index < -0.39 is 0 Å². The zero-order valence-corrected chi connectivity index (χ0v) is 14.1. The number of carbonyl (C=O) groups excluding carboxylic acids is 1. The van der Waals surface area contributed by atoms with Crippen LogP contribution in [0.3, 0.4) is 0 Å². The van der Waals surface area contributed by atoms with Gasteiger partial charge >= 0.3 is 0 Å². The topological polar surface area (TPSA) is 26.3 Å². The van der Waals surface area contributed by atoms with E-state index in [4.69, 9.17) is 4.74 Å². The van der Waals surface area contributed by atoms with Crippen molar-refractivity contribution in [2.45, 2.75) is 26.2 Å². The molecule has 0 N–H and O–H groups in total. The van der Waals surface area contributed by atoms with Gasteiger partial charge in [-0.25, -0.2) is 0 Å². The number of ether oxygens (including phenoxy) is 1. The molecule has 0 amide bonds. The van der Waals surface area contributed by atoms with E-state index in [0.29, 0.717) is 23.7 Å². The Morgan fingerprint density at radius 2 is 1.81 bits per heavy atom. The molecule has 0 aliphatic carbocycles. The Morgan fingerprint density at radius 1 is 1.14 bits per heavy atom. The summed E-state index contributed by atoms with van der Waals surface area (Å²) in [4.78, 5) is 12.4. The summed E-state index contributed by atoms with van der Waals surface area (Å²) in [5.74, 6) is 1.28. The fraction of sp³-hybridized carbons (Fsp3) is 0.278. The van der Waals surface area contributed by atoms with Crippen LogP contribution < -0.4 is 4.74 Å². The summed E-state index contributed by atoms with van der Waals surface area (Å²) in [6.07, 6.45) is 0.393. The van der Waals surface area contributed by atoms with E-state index in [0.717, 1.165) is 10.0 Å². The zero-order valence-electron chi connectivity index (χ0n) is 12.5. The molecule has 0 aromatic heterocycles. The Morgan fingerprint density at radius 3 is 2.38 bits per heavy atom. The lowest BCUT2D eigenvalue weighted by molar-refractivity contribution is 0.0992. The normalized spacial score (nSPS) is 10.7. The van der Waals surface area contributed by atoms with E-state index >= 15 is 0 Å². The van der Waals surface area contributed by atoms with E-state index in [2.05, 4.69) is 41.9 Å². The summed E-state index contributed by atoms with van der Waals surface area (Å²) >= 11 is 3.43. The van der Waals surface area contributed by atoms with Gasteiger partial charge in [-0.15, -0.1) is 0 Å². The Labute approximate surface area is 134 Å². The fourth-order valence-corrected chi connectivity index (χ4v) is 2.61. The van der Waals surface area contributed by atoms with Gasteiger partial charge in [0.2, 0.25) is 0 Å². The highest BCUT2D eigenvalue weighted by atomic mass is 79.9. The van der Waals surface area contributed by atoms with E-state index in [1.807, 2.05) is 24.3 Å².